The van der Waals surface area contributed by atoms with E-state index in [-0.39, 0.29) is 0 Å². The Balaban J connectivity index is 2.92. The van der Waals surface area contributed by atoms with Gasteiger partial charge in [-0.1, -0.05) is 0 Å². The number of allylic oxidation sites excluding steroid dienone is 1. The van der Waals surface area contributed by atoms with Crippen LogP contribution in [-0.4, -0.2) is 17.9 Å². The number of ether oxygens (including phenoxy) is 1. The molecule has 86 valence electrons. The van der Waals surface area contributed by atoms with Crippen LogP contribution in [0.5, 0.6) is 5.75 Å². The molecule has 2 N–H and O–H groups in total. The first-order chi connectivity index (χ1) is 7.69. The van der Waals surface area contributed by atoms with E-state index in [1.54, 1.807) is 24.4 Å². The fourth-order valence-corrected chi connectivity index (χ4v) is 1.74. The largest absolute Gasteiger partial charge is 0.594 e. The number of benzene rings is 1. The van der Waals surface area contributed by atoms with E-state index >= 15 is 0 Å². The van der Waals surface area contributed by atoms with E-state index in [4.69, 9.17) is 20.8 Å². The standard InChI is InChI=1S/C10H11ClN2O2S/c1-15-10-7-8(16(11)14)3-4-9(10)13-6-2-5-12/h2-7,12-13H,1H3/b6-2-,12-5?. The molecule has 0 aliphatic rings. The van der Waals surface area contributed by atoms with E-state index in [9.17, 15) is 4.55 Å². The molecule has 6 heteroatoms. The lowest BCUT2D eigenvalue weighted by atomic mass is 10.3. The quantitative estimate of drug-likeness (QED) is 0.630. The lowest BCUT2D eigenvalue weighted by Gasteiger charge is -2.09. The number of anilines is 1. The van der Waals surface area contributed by atoms with E-state index in [2.05, 4.69) is 5.32 Å². The molecule has 0 spiro atoms. The summed E-state index contributed by atoms with van der Waals surface area (Å²) >= 11 is 0. The summed E-state index contributed by atoms with van der Waals surface area (Å²) in [6.07, 6.45) is 4.29. The lowest BCUT2D eigenvalue weighted by Crippen LogP contribution is -1.96. The van der Waals surface area contributed by atoms with Crippen molar-refractivity contribution in [3.8, 4) is 5.75 Å². The molecule has 0 radical (unpaired) electrons. The van der Waals surface area contributed by atoms with Crippen LogP contribution in [0.3, 0.4) is 0 Å². The summed E-state index contributed by atoms with van der Waals surface area (Å²) in [6.45, 7) is 0. The molecule has 0 fully saturated rings. The molecule has 0 heterocycles. The van der Waals surface area contributed by atoms with Crippen LogP contribution >= 0.6 is 10.7 Å². The zero-order valence-electron chi connectivity index (χ0n) is 8.57. The minimum Gasteiger partial charge on any atom is -0.594 e. The summed E-state index contributed by atoms with van der Waals surface area (Å²) in [4.78, 5) is 0.486. The highest BCUT2D eigenvalue weighted by molar-refractivity contribution is 8.13. The maximum Gasteiger partial charge on any atom is 0.181 e. The van der Waals surface area contributed by atoms with Crippen LogP contribution in [0.25, 0.3) is 0 Å². The fourth-order valence-electron chi connectivity index (χ4n) is 1.08. The van der Waals surface area contributed by atoms with Crippen molar-refractivity contribution >= 4 is 33.0 Å². The molecule has 0 amide bonds. The van der Waals surface area contributed by atoms with Crippen molar-refractivity contribution in [2.45, 2.75) is 4.90 Å². The van der Waals surface area contributed by atoms with Crippen molar-refractivity contribution in [2.75, 3.05) is 12.4 Å². The molecule has 0 aromatic heterocycles. The summed E-state index contributed by atoms with van der Waals surface area (Å²) in [7, 11) is 5.43. The molecule has 4 nitrogen and oxygen atoms in total. The first-order valence-electron chi connectivity index (χ1n) is 4.37. The van der Waals surface area contributed by atoms with Gasteiger partial charge < -0.3 is 20.0 Å². The zero-order valence-corrected chi connectivity index (χ0v) is 10.1. The van der Waals surface area contributed by atoms with Crippen LogP contribution in [0.1, 0.15) is 0 Å². The Morgan fingerprint density at radius 2 is 2.31 bits per heavy atom. The van der Waals surface area contributed by atoms with E-state index < -0.39 is 10.4 Å². The first-order valence-corrected chi connectivity index (χ1v) is 6.35. The number of hydrogen-bond acceptors (Lipinski definition) is 4. The smallest absolute Gasteiger partial charge is 0.181 e. The molecule has 0 bridgehead atoms. The van der Waals surface area contributed by atoms with Gasteiger partial charge in [-0.05, 0) is 18.2 Å². The van der Waals surface area contributed by atoms with Gasteiger partial charge in [-0.25, -0.2) is 0 Å². The van der Waals surface area contributed by atoms with Gasteiger partial charge >= 0.3 is 0 Å². The van der Waals surface area contributed by atoms with Crippen LogP contribution in [0.4, 0.5) is 5.69 Å². The van der Waals surface area contributed by atoms with Gasteiger partial charge in [0.15, 0.2) is 15.6 Å². The predicted molar refractivity (Wildman–Crippen MR) is 66.8 cm³/mol. The first kappa shape index (κ1) is 12.9. The second kappa shape index (κ2) is 6.42. The number of nitrogens with one attached hydrogen (secondary N) is 2. The summed E-state index contributed by atoms with van der Waals surface area (Å²) in [5.74, 6) is 0.543. The van der Waals surface area contributed by atoms with Gasteiger partial charge in [-0.3, -0.25) is 0 Å². The number of hydrogen-bond donors (Lipinski definition) is 2. The maximum atomic E-state index is 11.0. The molecule has 0 saturated carbocycles. The maximum absolute atomic E-state index is 11.0. The summed E-state index contributed by atoms with van der Waals surface area (Å²) < 4.78 is 16.2. The second-order valence-electron chi connectivity index (χ2n) is 2.76. The Morgan fingerprint density at radius 1 is 1.56 bits per heavy atom. The molecule has 1 aromatic rings. The van der Waals surface area contributed by atoms with Crippen LogP contribution in [0, 0.1) is 5.41 Å². The number of methoxy groups -OCH3 is 1. The Hall–Kier alpha value is -1.17. The highest BCUT2D eigenvalue weighted by atomic mass is 35.7. The average molecular weight is 259 g/mol. The van der Waals surface area contributed by atoms with Crippen molar-refractivity contribution in [1.29, 1.82) is 5.41 Å². The third-order valence-electron chi connectivity index (χ3n) is 1.79. The topological polar surface area (TPSA) is 68.2 Å². The molecular weight excluding hydrogens is 248 g/mol. The van der Waals surface area contributed by atoms with E-state index in [1.165, 1.54) is 13.2 Å². The Kier molecular flexibility index (Phi) is 5.18. The third kappa shape index (κ3) is 3.44. The van der Waals surface area contributed by atoms with Crippen molar-refractivity contribution < 1.29 is 9.29 Å². The van der Waals surface area contributed by atoms with Crippen molar-refractivity contribution in [3.63, 3.8) is 0 Å². The minimum absolute atomic E-state index is 0.486. The van der Waals surface area contributed by atoms with Gasteiger partial charge in [0.2, 0.25) is 0 Å². The SMILES string of the molecule is COc1cc([S+]([O-])Cl)ccc1N/C=C\C=N. The second-order valence-corrected chi connectivity index (χ2v) is 4.51. The van der Waals surface area contributed by atoms with Crippen molar-refractivity contribution in [3.05, 3.63) is 30.5 Å². The molecule has 0 aliphatic heterocycles. The van der Waals surface area contributed by atoms with Gasteiger partial charge in [-0.2, -0.15) is 0 Å². The Labute approximate surface area is 101 Å². The minimum atomic E-state index is -1.55. The highest BCUT2D eigenvalue weighted by Gasteiger charge is 2.11. The van der Waals surface area contributed by atoms with E-state index in [0.29, 0.717) is 16.3 Å². The predicted octanol–water partition coefficient (Wildman–Crippen LogP) is 2.53. The van der Waals surface area contributed by atoms with Crippen LogP contribution in [0.15, 0.2) is 35.4 Å². The molecule has 1 unspecified atom stereocenters. The van der Waals surface area contributed by atoms with Crippen LogP contribution < -0.4 is 10.1 Å². The third-order valence-corrected chi connectivity index (χ3v) is 2.95. The van der Waals surface area contributed by atoms with Gasteiger partial charge in [0.1, 0.15) is 16.1 Å². The van der Waals surface area contributed by atoms with E-state index in [1.807, 2.05) is 0 Å². The lowest BCUT2D eigenvalue weighted by molar-refractivity contribution is 0.415. The molecule has 16 heavy (non-hydrogen) atoms. The van der Waals surface area contributed by atoms with Crippen LogP contribution in [0.2, 0.25) is 0 Å². The summed E-state index contributed by atoms with van der Waals surface area (Å²) in [6, 6.07) is 4.96. The molecule has 1 atom stereocenters. The van der Waals surface area contributed by atoms with Gasteiger partial charge in [0.05, 0.1) is 12.8 Å². The normalized spacial score (nSPS) is 12.4. The summed E-state index contributed by atoms with van der Waals surface area (Å²) in [5.41, 5.74) is 0.714. The Morgan fingerprint density at radius 3 is 2.88 bits per heavy atom. The van der Waals surface area contributed by atoms with Crippen LogP contribution in [-0.2, 0) is 10.4 Å². The molecule has 1 aromatic carbocycles. The van der Waals surface area contributed by atoms with Crippen molar-refractivity contribution in [2.24, 2.45) is 0 Å². The molecule has 0 saturated heterocycles. The summed E-state index contributed by atoms with van der Waals surface area (Å²) in [5, 5.41) is 9.75. The van der Waals surface area contributed by atoms with Gasteiger partial charge in [-0.15, -0.1) is 0 Å². The van der Waals surface area contributed by atoms with Crippen molar-refractivity contribution in [1.82, 2.24) is 0 Å². The van der Waals surface area contributed by atoms with E-state index in [0.717, 1.165) is 6.21 Å². The monoisotopic (exact) mass is 258 g/mol. The zero-order chi connectivity index (χ0) is 12.0. The highest BCUT2D eigenvalue weighted by Crippen LogP contribution is 2.28. The molecule has 1 rings (SSSR count). The Bertz CT molecular complexity index is 396. The molecular formula is C10H11ClN2O2S. The average Bonchev–Trinajstić information content (AvgIpc) is 2.29. The number of rotatable bonds is 5. The van der Waals surface area contributed by atoms with Gasteiger partial charge in [0.25, 0.3) is 0 Å². The molecule has 0 aliphatic carbocycles. The van der Waals surface area contributed by atoms with Gasteiger partial charge in [0, 0.05) is 18.5 Å². The fraction of sp³-hybridized carbons (Fsp3) is 0.100. The number of halogens is 1.